The van der Waals surface area contributed by atoms with Crippen molar-refractivity contribution in [2.75, 3.05) is 11.9 Å². The molecule has 0 saturated heterocycles. The van der Waals surface area contributed by atoms with Crippen molar-refractivity contribution in [2.24, 2.45) is 0 Å². The Morgan fingerprint density at radius 2 is 1.64 bits per heavy atom. The summed E-state index contributed by atoms with van der Waals surface area (Å²) in [6.07, 6.45) is 0. The third kappa shape index (κ3) is 5.90. The van der Waals surface area contributed by atoms with Gasteiger partial charge in [0.25, 0.3) is 5.91 Å². The van der Waals surface area contributed by atoms with E-state index in [4.69, 9.17) is 4.74 Å². The van der Waals surface area contributed by atoms with E-state index in [1.54, 1.807) is 45.9 Å². The summed E-state index contributed by atoms with van der Waals surface area (Å²) < 4.78 is 32.1. The van der Waals surface area contributed by atoms with E-state index >= 15 is 0 Å². The molecular formula is C20H24N2O5S. The summed E-state index contributed by atoms with van der Waals surface area (Å²) in [5.74, 6) is -0.895. The molecule has 0 aliphatic carbocycles. The maximum absolute atomic E-state index is 12.4. The Bertz CT molecular complexity index is 961. The molecule has 8 heteroatoms. The third-order valence-corrected chi connectivity index (χ3v) is 5.27. The quantitative estimate of drug-likeness (QED) is 0.720. The molecule has 0 aliphatic rings. The lowest BCUT2D eigenvalue weighted by Crippen LogP contribution is -2.40. The molecule has 0 atom stereocenters. The molecule has 0 bridgehead atoms. The first-order chi connectivity index (χ1) is 13.0. The summed E-state index contributed by atoms with van der Waals surface area (Å²) in [5, 5.41) is 2.68. The molecule has 0 unspecified atom stereocenters. The van der Waals surface area contributed by atoms with Crippen molar-refractivity contribution < 1.29 is 22.7 Å². The Morgan fingerprint density at radius 3 is 2.21 bits per heavy atom. The van der Waals surface area contributed by atoms with Gasteiger partial charge in [0.05, 0.1) is 17.1 Å². The highest BCUT2D eigenvalue weighted by Gasteiger charge is 2.22. The fraction of sp³-hybridized carbons (Fsp3) is 0.300. The predicted molar refractivity (Wildman–Crippen MR) is 107 cm³/mol. The molecule has 0 fully saturated rings. The summed E-state index contributed by atoms with van der Waals surface area (Å²) in [7, 11) is -3.67. The maximum Gasteiger partial charge on any atom is 0.338 e. The minimum atomic E-state index is -3.67. The number of carbonyl (C=O) groups is 2. The zero-order valence-corrected chi connectivity index (χ0v) is 17.1. The van der Waals surface area contributed by atoms with Gasteiger partial charge in [0, 0.05) is 16.8 Å². The van der Waals surface area contributed by atoms with Crippen LogP contribution in [0.2, 0.25) is 0 Å². The molecule has 150 valence electrons. The molecule has 0 spiro atoms. The van der Waals surface area contributed by atoms with Crippen LogP contribution in [-0.4, -0.2) is 32.4 Å². The number of sulfonamides is 1. The van der Waals surface area contributed by atoms with Crippen molar-refractivity contribution in [3.63, 3.8) is 0 Å². The highest BCUT2D eigenvalue weighted by molar-refractivity contribution is 7.89. The number of carbonyl (C=O) groups excluding carboxylic acids is 2. The number of anilines is 1. The van der Waals surface area contributed by atoms with Crippen molar-refractivity contribution in [3.05, 3.63) is 59.7 Å². The van der Waals surface area contributed by atoms with Gasteiger partial charge in [0.1, 0.15) is 0 Å². The van der Waals surface area contributed by atoms with Crippen LogP contribution in [0.3, 0.4) is 0 Å². The molecule has 0 radical (unpaired) electrons. The summed E-state index contributed by atoms with van der Waals surface area (Å²) >= 11 is 0. The van der Waals surface area contributed by atoms with E-state index in [0.29, 0.717) is 11.3 Å². The molecule has 0 saturated carbocycles. The summed E-state index contributed by atoms with van der Waals surface area (Å²) in [5.41, 5.74) is 0.436. The fourth-order valence-corrected chi connectivity index (χ4v) is 3.81. The second-order valence-corrected chi connectivity index (χ2v) is 8.82. The van der Waals surface area contributed by atoms with Crippen LogP contribution in [-0.2, 0) is 14.8 Å². The average Bonchev–Trinajstić information content (AvgIpc) is 2.60. The van der Waals surface area contributed by atoms with Gasteiger partial charge in [0.15, 0.2) is 0 Å². The lowest BCUT2D eigenvalue weighted by Gasteiger charge is -2.20. The number of nitrogens with one attached hydrogen (secondary N) is 2. The normalized spacial score (nSPS) is 11.7. The van der Waals surface area contributed by atoms with Crippen LogP contribution in [0.4, 0.5) is 5.69 Å². The van der Waals surface area contributed by atoms with Crippen molar-refractivity contribution >= 4 is 27.6 Å². The van der Waals surface area contributed by atoms with Gasteiger partial charge < -0.3 is 10.1 Å². The Balaban J connectivity index is 2.14. The Kier molecular flexibility index (Phi) is 6.58. The third-order valence-electron chi connectivity index (χ3n) is 3.50. The molecule has 28 heavy (non-hydrogen) atoms. The van der Waals surface area contributed by atoms with Crippen LogP contribution in [0.25, 0.3) is 0 Å². The number of amides is 1. The lowest BCUT2D eigenvalue weighted by atomic mass is 10.1. The fourth-order valence-electron chi connectivity index (χ4n) is 2.39. The molecule has 2 rings (SSSR count). The van der Waals surface area contributed by atoms with Crippen LogP contribution in [0.15, 0.2) is 53.4 Å². The average molecular weight is 404 g/mol. The van der Waals surface area contributed by atoms with E-state index in [1.807, 2.05) is 0 Å². The van der Waals surface area contributed by atoms with E-state index in [0.717, 1.165) is 0 Å². The highest BCUT2D eigenvalue weighted by Crippen LogP contribution is 2.16. The van der Waals surface area contributed by atoms with Gasteiger partial charge in [0.2, 0.25) is 10.0 Å². The van der Waals surface area contributed by atoms with Gasteiger partial charge in [-0.2, -0.15) is 0 Å². The van der Waals surface area contributed by atoms with Crippen LogP contribution in [0.5, 0.6) is 0 Å². The van der Waals surface area contributed by atoms with Gasteiger partial charge in [-0.3, -0.25) is 4.79 Å². The van der Waals surface area contributed by atoms with E-state index in [1.165, 1.54) is 30.3 Å². The first-order valence-corrected chi connectivity index (χ1v) is 10.2. The highest BCUT2D eigenvalue weighted by atomic mass is 32.2. The topological polar surface area (TPSA) is 102 Å². The molecule has 2 N–H and O–H groups in total. The predicted octanol–water partition coefficient (Wildman–Crippen LogP) is 3.19. The standard InChI is InChI=1S/C20H24N2O5S/c1-5-27-19(24)15-7-6-8-16(13-15)21-18(23)14-9-11-17(12-10-14)28(25,26)22-20(2,3)4/h6-13,22H,5H2,1-4H3,(H,21,23). The number of benzene rings is 2. The van der Waals surface area contributed by atoms with Crippen molar-refractivity contribution in [1.82, 2.24) is 4.72 Å². The summed E-state index contributed by atoms with van der Waals surface area (Å²) in [4.78, 5) is 24.3. The first-order valence-electron chi connectivity index (χ1n) is 8.74. The number of ether oxygens (including phenoxy) is 1. The van der Waals surface area contributed by atoms with E-state index < -0.39 is 27.4 Å². The Labute approximate surface area is 165 Å². The SMILES string of the molecule is CCOC(=O)c1cccc(NC(=O)c2ccc(S(=O)(=O)NC(C)(C)C)cc2)c1. The van der Waals surface area contributed by atoms with Gasteiger partial charge in [-0.15, -0.1) is 0 Å². The maximum atomic E-state index is 12.4. The molecule has 7 nitrogen and oxygen atoms in total. The monoisotopic (exact) mass is 404 g/mol. The minimum absolute atomic E-state index is 0.0725. The number of esters is 1. The van der Waals surface area contributed by atoms with Crippen molar-refractivity contribution in [3.8, 4) is 0 Å². The van der Waals surface area contributed by atoms with E-state index in [9.17, 15) is 18.0 Å². The molecule has 0 aromatic heterocycles. The number of rotatable bonds is 6. The van der Waals surface area contributed by atoms with Gasteiger partial charge in [-0.25, -0.2) is 17.9 Å². The van der Waals surface area contributed by atoms with E-state index in [-0.39, 0.29) is 17.1 Å². The minimum Gasteiger partial charge on any atom is -0.462 e. The Hall–Kier alpha value is -2.71. The second-order valence-electron chi connectivity index (χ2n) is 7.14. The van der Waals surface area contributed by atoms with Crippen LogP contribution >= 0.6 is 0 Å². The van der Waals surface area contributed by atoms with Crippen molar-refractivity contribution in [2.45, 2.75) is 38.1 Å². The molecule has 0 heterocycles. The van der Waals surface area contributed by atoms with Gasteiger partial charge >= 0.3 is 5.97 Å². The molecular weight excluding hydrogens is 380 g/mol. The number of hydrogen-bond acceptors (Lipinski definition) is 5. The van der Waals surface area contributed by atoms with Gasteiger partial charge in [-0.1, -0.05) is 6.07 Å². The lowest BCUT2D eigenvalue weighted by molar-refractivity contribution is 0.0526. The molecule has 2 aromatic carbocycles. The van der Waals surface area contributed by atoms with Crippen LogP contribution in [0, 0.1) is 0 Å². The van der Waals surface area contributed by atoms with Gasteiger partial charge in [-0.05, 0) is 70.2 Å². The van der Waals surface area contributed by atoms with Crippen molar-refractivity contribution in [1.29, 1.82) is 0 Å². The second kappa shape index (κ2) is 8.53. The van der Waals surface area contributed by atoms with Crippen LogP contribution in [0.1, 0.15) is 48.4 Å². The zero-order valence-electron chi connectivity index (χ0n) is 16.3. The van der Waals surface area contributed by atoms with E-state index in [2.05, 4.69) is 10.0 Å². The smallest absolute Gasteiger partial charge is 0.338 e. The Morgan fingerprint density at radius 1 is 1.00 bits per heavy atom. The molecule has 2 aromatic rings. The van der Waals surface area contributed by atoms with Crippen LogP contribution < -0.4 is 10.0 Å². The summed E-state index contributed by atoms with van der Waals surface area (Å²) in [6.45, 7) is 7.21. The summed E-state index contributed by atoms with van der Waals surface area (Å²) in [6, 6.07) is 12.0. The zero-order chi connectivity index (χ0) is 20.9. The molecule has 1 amide bonds. The largest absolute Gasteiger partial charge is 0.462 e. The first kappa shape index (κ1) is 21.6. The number of hydrogen-bond donors (Lipinski definition) is 2. The molecule has 0 aliphatic heterocycles.